The number of carbonyl (C=O) groups excluding carboxylic acids is 2. The van der Waals surface area contributed by atoms with Crippen molar-refractivity contribution in [1.29, 1.82) is 0 Å². The summed E-state index contributed by atoms with van der Waals surface area (Å²) in [5.74, 6) is 1.73. The Labute approximate surface area is 197 Å². The molecule has 0 radical (unpaired) electrons. The minimum Gasteiger partial charge on any atom is -0.497 e. The molecule has 1 atom stereocenters. The Hall–Kier alpha value is -3.33. The number of nitrogens with one attached hydrogen (secondary N) is 1. The summed E-state index contributed by atoms with van der Waals surface area (Å²) in [4.78, 5) is 30.4. The quantitative estimate of drug-likeness (QED) is 0.342. The van der Waals surface area contributed by atoms with Crippen molar-refractivity contribution < 1.29 is 23.6 Å². The van der Waals surface area contributed by atoms with E-state index in [1.165, 1.54) is 11.8 Å². The molecule has 1 aromatic heterocycles. The number of thioether (sulfide) groups is 1. The highest BCUT2D eigenvalue weighted by molar-refractivity contribution is 7.98. The van der Waals surface area contributed by atoms with Crippen LogP contribution in [-0.2, 0) is 15.3 Å². The number of esters is 1. The van der Waals surface area contributed by atoms with Crippen molar-refractivity contribution in [2.75, 3.05) is 7.11 Å². The van der Waals surface area contributed by atoms with Crippen molar-refractivity contribution in [2.45, 2.75) is 50.0 Å². The Morgan fingerprint density at radius 1 is 1.09 bits per heavy atom. The van der Waals surface area contributed by atoms with Gasteiger partial charge in [0.25, 0.3) is 5.91 Å². The molecule has 1 amide bonds. The van der Waals surface area contributed by atoms with Crippen LogP contribution in [0.5, 0.6) is 5.75 Å². The lowest BCUT2D eigenvalue weighted by Gasteiger charge is -2.20. The van der Waals surface area contributed by atoms with Crippen molar-refractivity contribution in [1.82, 2.24) is 15.5 Å². The second kappa shape index (κ2) is 11.5. The van der Waals surface area contributed by atoms with E-state index in [1.807, 2.05) is 24.3 Å². The van der Waals surface area contributed by atoms with Crippen LogP contribution in [0, 0.1) is 6.92 Å². The number of rotatable bonds is 10. The zero-order chi connectivity index (χ0) is 23.8. The van der Waals surface area contributed by atoms with Crippen molar-refractivity contribution >= 4 is 23.6 Å². The van der Waals surface area contributed by atoms with Gasteiger partial charge in [-0.25, -0.2) is 0 Å². The van der Waals surface area contributed by atoms with Crippen molar-refractivity contribution in [2.24, 2.45) is 0 Å². The monoisotopic (exact) mass is 469 g/mol. The summed E-state index contributed by atoms with van der Waals surface area (Å²) in [5, 5.41) is 6.72. The van der Waals surface area contributed by atoms with Gasteiger partial charge < -0.3 is 19.3 Å². The molecular formula is C24H27N3O5S. The van der Waals surface area contributed by atoms with Gasteiger partial charge in [-0.15, -0.1) is 11.8 Å². The Bertz CT molecular complexity index is 1060. The third-order valence-corrected chi connectivity index (χ3v) is 5.61. The van der Waals surface area contributed by atoms with E-state index in [0.717, 1.165) is 10.5 Å². The molecule has 1 unspecified atom stereocenters. The molecule has 174 valence electrons. The standard InChI is InChI=1S/C24H27N3O5S/c1-15(2)31-23(28)13-21(17-5-9-19(30-4)10-6-17)26-24(29)18-7-11-20(12-8-18)33-14-22-25-16(3)27-32-22/h5-12,15,21H,13-14H2,1-4H3,(H,26,29). The molecule has 0 aliphatic heterocycles. The number of carbonyl (C=O) groups is 2. The SMILES string of the molecule is COc1ccc(C(CC(=O)OC(C)C)NC(=O)c2ccc(SCc3nc(C)no3)cc2)cc1. The number of hydrogen-bond acceptors (Lipinski definition) is 8. The van der Waals surface area contributed by atoms with Crippen LogP contribution in [0.25, 0.3) is 0 Å². The highest BCUT2D eigenvalue weighted by atomic mass is 32.2. The first-order chi connectivity index (χ1) is 15.8. The Kier molecular flexibility index (Phi) is 8.48. The molecule has 3 aromatic rings. The molecule has 33 heavy (non-hydrogen) atoms. The second-order valence-electron chi connectivity index (χ2n) is 7.59. The van der Waals surface area contributed by atoms with Crippen molar-refractivity contribution in [3.8, 4) is 5.75 Å². The first-order valence-electron chi connectivity index (χ1n) is 10.5. The summed E-state index contributed by atoms with van der Waals surface area (Å²) >= 11 is 1.53. The van der Waals surface area contributed by atoms with E-state index in [-0.39, 0.29) is 24.4 Å². The molecule has 0 fully saturated rings. The smallest absolute Gasteiger partial charge is 0.308 e. The van der Waals surface area contributed by atoms with E-state index in [1.54, 1.807) is 52.1 Å². The van der Waals surface area contributed by atoms with Crippen molar-refractivity contribution in [3.05, 3.63) is 71.4 Å². The van der Waals surface area contributed by atoms with Gasteiger partial charge in [0.05, 0.1) is 31.4 Å². The fourth-order valence-corrected chi connectivity index (χ4v) is 3.79. The molecule has 2 aromatic carbocycles. The summed E-state index contributed by atoms with van der Waals surface area (Å²) < 4.78 is 15.6. The zero-order valence-corrected chi connectivity index (χ0v) is 19.8. The first kappa shape index (κ1) is 24.3. The van der Waals surface area contributed by atoms with E-state index >= 15 is 0 Å². The molecule has 0 spiro atoms. The summed E-state index contributed by atoms with van der Waals surface area (Å²) in [7, 11) is 1.58. The number of benzene rings is 2. The van der Waals surface area contributed by atoms with Gasteiger partial charge in [-0.3, -0.25) is 9.59 Å². The van der Waals surface area contributed by atoms with Crippen LogP contribution in [0.3, 0.4) is 0 Å². The fraction of sp³-hybridized carbons (Fsp3) is 0.333. The average molecular weight is 470 g/mol. The maximum absolute atomic E-state index is 12.9. The first-order valence-corrected chi connectivity index (χ1v) is 11.5. The van der Waals surface area contributed by atoms with Gasteiger partial charge in [-0.05, 0) is 62.7 Å². The van der Waals surface area contributed by atoms with Gasteiger partial charge in [0.15, 0.2) is 5.82 Å². The van der Waals surface area contributed by atoms with E-state index < -0.39 is 6.04 Å². The number of aryl methyl sites for hydroxylation is 1. The van der Waals surface area contributed by atoms with E-state index in [9.17, 15) is 9.59 Å². The lowest BCUT2D eigenvalue weighted by atomic mass is 10.0. The lowest BCUT2D eigenvalue weighted by molar-refractivity contribution is -0.147. The van der Waals surface area contributed by atoms with Crippen LogP contribution in [0.15, 0.2) is 57.9 Å². The molecule has 0 saturated heterocycles. The van der Waals surface area contributed by atoms with Crippen LogP contribution in [-0.4, -0.2) is 35.2 Å². The van der Waals surface area contributed by atoms with Crippen LogP contribution in [0.4, 0.5) is 0 Å². The maximum atomic E-state index is 12.9. The zero-order valence-electron chi connectivity index (χ0n) is 19.0. The molecule has 0 saturated carbocycles. The Balaban J connectivity index is 1.67. The summed E-state index contributed by atoms with van der Waals surface area (Å²) in [5.41, 5.74) is 1.27. The van der Waals surface area contributed by atoms with E-state index in [0.29, 0.717) is 28.8 Å². The van der Waals surface area contributed by atoms with Crippen LogP contribution < -0.4 is 10.1 Å². The second-order valence-corrected chi connectivity index (χ2v) is 8.64. The summed E-state index contributed by atoms with van der Waals surface area (Å²) in [6, 6.07) is 13.9. The Morgan fingerprint density at radius 2 is 1.79 bits per heavy atom. The highest BCUT2D eigenvalue weighted by Crippen LogP contribution is 2.24. The molecular weight excluding hydrogens is 442 g/mol. The number of methoxy groups -OCH3 is 1. The largest absolute Gasteiger partial charge is 0.497 e. The average Bonchev–Trinajstić information content (AvgIpc) is 3.22. The molecule has 0 aliphatic rings. The Morgan fingerprint density at radius 3 is 2.36 bits per heavy atom. The number of aromatic nitrogens is 2. The fourth-order valence-electron chi connectivity index (χ4n) is 3.05. The molecule has 1 heterocycles. The summed E-state index contributed by atoms with van der Waals surface area (Å²) in [6.45, 7) is 5.35. The third kappa shape index (κ3) is 7.35. The number of ether oxygens (including phenoxy) is 2. The van der Waals surface area contributed by atoms with Crippen molar-refractivity contribution in [3.63, 3.8) is 0 Å². The van der Waals surface area contributed by atoms with Crippen LogP contribution in [0.2, 0.25) is 0 Å². The topological polar surface area (TPSA) is 104 Å². The number of nitrogens with zero attached hydrogens (tertiary/aromatic N) is 2. The van der Waals surface area contributed by atoms with Gasteiger partial charge in [0.2, 0.25) is 5.89 Å². The minimum absolute atomic E-state index is 0.0216. The lowest BCUT2D eigenvalue weighted by Crippen LogP contribution is -2.31. The molecule has 3 rings (SSSR count). The van der Waals surface area contributed by atoms with Gasteiger partial charge in [-0.2, -0.15) is 4.98 Å². The predicted octanol–water partition coefficient (Wildman–Crippen LogP) is 4.49. The molecule has 0 aliphatic carbocycles. The predicted molar refractivity (Wildman–Crippen MR) is 124 cm³/mol. The normalized spacial score (nSPS) is 11.8. The van der Waals surface area contributed by atoms with Gasteiger partial charge in [-0.1, -0.05) is 17.3 Å². The van der Waals surface area contributed by atoms with Gasteiger partial charge in [0.1, 0.15) is 5.75 Å². The van der Waals surface area contributed by atoms with Gasteiger partial charge >= 0.3 is 5.97 Å². The minimum atomic E-state index is -0.538. The molecule has 0 bridgehead atoms. The number of hydrogen-bond donors (Lipinski definition) is 1. The molecule has 1 N–H and O–H groups in total. The van der Waals surface area contributed by atoms with Crippen LogP contribution in [0.1, 0.15) is 53.9 Å². The highest BCUT2D eigenvalue weighted by Gasteiger charge is 2.21. The van der Waals surface area contributed by atoms with E-state index in [2.05, 4.69) is 15.5 Å². The maximum Gasteiger partial charge on any atom is 0.308 e. The summed E-state index contributed by atoms with van der Waals surface area (Å²) in [6.07, 6.45) is -0.209. The number of amides is 1. The third-order valence-electron chi connectivity index (χ3n) is 4.61. The van der Waals surface area contributed by atoms with Gasteiger partial charge in [0, 0.05) is 10.5 Å². The van der Waals surface area contributed by atoms with E-state index in [4.69, 9.17) is 14.0 Å². The molecule has 8 nitrogen and oxygen atoms in total. The molecule has 9 heteroatoms. The van der Waals surface area contributed by atoms with Crippen LogP contribution >= 0.6 is 11.8 Å².